The lowest BCUT2D eigenvalue weighted by atomic mass is 10.2. The number of rotatable bonds is 6. The van der Waals surface area contributed by atoms with Crippen LogP contribution in [0.2, 0.25) is 0 Å². The monoisotopic (exact) mass is 474 g/mol. The van der Waals surface area contributed by atoms with Gasteiger partial charge < -0.3 is 9.88 Å². The zero-order chi connectivity index (χ0) is 24.3. The van der Waals surface area contributed by atoms with E-state index in [2.05, 4.69) is 15.0 Å². The molecule has 4 rings (SSSR count). The lowest BCUT2D eigenvalue weighted by Crippen LogP contribution is -2.10. The number of fused-ring (bicyclic) bond motifs is 1. The molecule has 0 aliphatic heterocycles. The smallest absolute Gasteiger partial charge is 0.294 e. The largest absolute Gasteiger partial charge is 0.378 e. The summed E-state index contributed by atoms with van der Waals surface area (Å²) in [4.78, 5) is 25.5. The van der Waals surface area contributed by atoms with Gasteiger partial charge in [-0.25, -0.2) is 4.98 Å². The van der Waals surface area contributed by atoms with E-state index in [9.17, 15) is 13.2 Å². The van der Waals surface area contributed by atoms with Gasteiger partial charge in [0.1, 0.15) is 5.82 Å². The van der Waals surface area contributed by atoms with Crippen LogP contribution in [0, 0.1) is 0 Å². The van der Waals surface area contributed by atoms with E-state index < -0.39 is 15.7 Å². The number of H-pyrrole nitrogens is 1. The van der Waals surface area contributed by atoms with Crippen molar-refractivity contribution in [3.05, 3.63) is 94.0 Å². The van der Waals surface area contributed by atoms with Gasteiger partial charge in [-0.1, -0.05) is 30.3 Å². The molecule has 172 valence electrons. The summed E-state index contributed by atoms with van der Waals surface area (Å²) in [7, 11) is -0.412. The van der Waals surface area contributed by atoms with Gasteiger partial charge in [-0.3, -0.25) is 14.3 Å². The Kier molecular flexibility index (Phi) is 6.40. The van der Waals surface area contributed by atoms with E-state index in [1.54, 1.807) is 12.2 Å². The highest BCUT2D eigenvalue weighted by Gasteiger charge is 2.12. The molecule has 0 radical (unpaired) electrons. The zero-order valence-corrected chi connectivity index (χ0v) is 19.3. The van der Waals surface area contributed by atoms with Gasteiger partial charge in [0, 0.05) is 26.0 Å². The maximum Gasteiger partial charge on any atom is 0.294 e. The number of hydrogen-bond donors (Lipinski definition) is 2. The standard InChI is InChI=1S/C25H22N4O4S/c1-29(2)20-10-5-18(6-11-20)16-26-19-8-3-17(4-9-19)7-14-24-27-23-13-12-21(34(31,32)33)15-22(23)25(30)28-24/h3-16H,1-2H3,(H,27,28,30)(H,31,32,33)/b14-7+,26-16?. The maximum absolute atomic E-state index is 12.4. The van der Waals surface area contributed by atoms with Crippen molar-refractivity contribution in [2.24, 2.45) is 4.99 Å². The van der Waals surface area contributed by atoms with Crippen molar-refractivity contribution in [2.45, 2.75) is 4.90 Å². The van der Waals surface area contributed by atoms with E-state index in [0.29, 0.717) is 11.3 Å². The second-order valence-electron chi connectivity index (χ2n) is 7.77. The van der Waals surface area contributed by atoms with Gasteiger partial charge in [-0.05, 0) is 59.7 Å². The highest BCUT2D eigenvalue weighted by Crippen LogP contribution is 2.17. The summed E-state index contributed by atoms with van der Waals surface area (Å²) in [5.41, 5.74) is 3.64. The summed E-state index contributed by atoms with van der Waals surface area (Å²) in [6.07, 6.45) is 5.26. The van der Waals surface area contributed by atoms with E-state index in [0.717, 1.165) is 28.6 Å². The minimum atomic E-state index is -4.40. The number of nitrogens with one attached hydrogen (secondary N) is 1. The summed E-state index contributed by atoms with van der Waals surface area (Å²) in [6, 6.07) is 19.3. The number of aromatic nitrogens is 2. The van der Waals surface area contributed by atoms with Crippen molar-refractivity contribution >= 4 is 50.8 Å². The van der Waals surface area contributed by atoms with Crippen molar-refractivity contribution in [3.8, 4) is 0 Å². The molecule has 3 aromatic carbocycles. The van der Waals surface area contributed by atoms with Gasteiger partial charge in [0.05, 0.1) is 21.5 Å². The minimum absolute atomic E-state index is 0.0749. The highest BCUT2D eigenvalue weighted by molar-refractivity contribution is 7.85. The van der Waals surface area contributed by atoms with Crippen LogP contribution < -0.4 is 10.5 Å². The molecule has 0 bridgehead atoms. The van der Waals surface area contributed by atoms with Crippen molar-refractivity contribution in [3.63, 3.8) is 0 Å². The summed E-state index contributed by atoms with van der Waals surface area (Å²) in [5.74, 6) is 0.320. The van der Waals surface area contributed by atoms with Crippen LogP contribution in [0.4, 0.5) is 11.4 Å². The number of aliphatic imine (C=N–C) groups is 1. The highest BCUT2D eigenvalue weighted by atomic mass is 32.2. The molecule has 0 aliphatic carbocycles. The lowest BCUT2D eigenvalue weighted by Gasteiger charge is -2.11. The fraction of sp³-hybridized carbons (Fsp3) is 0.0800. The summed E-state index contributed by atoms with van der Waals surface area (Å²) in [5, 5.41) is 0.0749. The van der Waals surface area contributed by atoms with Crippen LogP contribution in [0.1, 0.15) is 17.0 Å². The van der Waals surface area contributed by atoms with Crippen LogP contribution in [0.5, 0.6) is 0 Å². The van der Waals surface area contributed by atoms with Gasteiger partial charge in [-0.15, -0.1) is 0 Å². The van der Waals surface area contributed by atoms with E-state index in [4.69, 9.17) is 4.55 Å². The average Bonchev–Trinajstić information content (AvgIpc) is 2.81. The molecular formula is C25H22N4O4S. The Morgan fingerprint density at radius 2 is 1.62 bits per heavy atom. The van der Waals surface area contributed by atoms with E-state index in [-0.39, 0.29) is 10.3 Å². The average molecular weight is 475 g/mol. The Hall–Kier alpha value is -4.08. The first-order valence-corrected chi connectivity index (χ1v) is 11.7. The quantitative estimate of drug-likeness (QED) is 0.320. The molecular weight excluding hydrogens is 452 g/mol. The van der Waals surface area contributed by atoms with Crippen molar-refractivity contribution in [2.75, 3.05) is 19.0 Å². The third-order valence-electron chi connectivity index (χ3n) is 5.09. The maximum atomic E-state index is 12.4. The molecule has 0 saturated carbocycles. The Morgan fingerprint density at radius 3 is 2.26 bits per heavy atom. The molecule has 2 N–H and O–H groups in total. The second kappa shape index (κ2) is 9.42. The number of hydrogen-bond acceptors (Lipinski definition) is 6. The Labute approximate surface area is 196 Å². The molecule has 4 aromatic rings. The molecule has 0 aliphatic rings. The Bertz CT molecular complexity index is 1550. The summed E-state index contributed by atoms with van der Waals surface area (Å²) >= 11 is 0. The van der Waals surface area contributed by atoms with E-state index in [1.165, 1.54) is 12.1 Å². The van der Waals surface area contributed by atoms with Crippen LogP contribution in [0.25, 0.3) is 23.1 Å². The molecule has 0 fully saturated rings. The van der Waals surface area contributed by atoms with Crippen LogP contribution >= 0.6 is 0 Å². The van der Waals surface area contributed by atoms with Crippen LogP contribution in [0.15, 0.2) is 81.4 Å². The predicted molar refractivity (Wildman–Crippen MR) is 136 cm³/mol. The molecule has 0 atom stereocenters. The Balaban J connectivity index is 1.49. The molecule has 1 heterocycles. The number of nitrogens with zero attached hydrogens (tertiary/aromatic N) is 3. The fourth-order valence-electron chi connectivity index (χ4n) is 3.23. The summed E-state index contributed by atoms with van der Waals surface area (Å²) < 4.78 is 31.7. The van der Waals surface area contributed by atoms with Gasteiger partial charge >= 0.3 is 0 Å². The van der Waals surface area contributed by atoms with Gasteiger partial charge in [0.2, 0.25) is 0 Å². The molecule has 34 heavy (non-hydrogen) atoms. The van der Waals surface area contributed by atoms with Crippen molar-refractivity contribution in [1.82, 2.24) is 9.97 Å². The molecule has 0 unspecified atom stereocenters. The first-order chi connectivity index (χ1) is 16.2. The minimum Gasteiger partial charge on any atom is -0.378 e. The molecule has 0 spiro atoms. The lowest BCUT2D eigenvalue weighted by molar-refractivity contribution is 0.483. The first-order valence-electron chi connectivity index (χ1n) is 10.3. The third kappa shape index (κ3) is 5.45. The van der Waals surface area contributed by atoms with Gasteiger partial charge in [-0.2, -0.15) is 8.42 Å². The van der Waals surface area contributed by atoms with Gasteiger partial charge in [0.15, 0.2) is 0 Å². The van der Waals surface area contributed by atoms with Crippen molar-refractivity contribution < 1.29 is 13.0 Å². The van der Waals surface area contributed by atoms with Crippen LogP contribution in [-0.2, 0) is 10.1 Å². The third-order valence-corrected chi connectivity index (χ3v) is 5.94. The van der Waals surface area contributed by atoms with Gasteiger partial charge in [0.25, 0.3) is 15.7 Å². The topological polar surface area (TPSA) is 116 Å². The molecule has 8 nitrogen and oxygen atoms in total. The first kappa shape index (κ1) is 23.1. The summed E-state index contributed by atoms with van der Waals surface area (Å²) in [6.45, 7) is 0. The molecule has 9 heteroatoms. The Morgan fingerprint density at radius 1 is 0.941 bits per heavy atom. The second-order valence-corrected chi connectivity index (χ2v) is 9.20. The SMILES string of the molecule is CN(C)c1ccc(C=Nc2ccc(/C=C/c3nc4ccc(S(=O)(=O)O)cc4c(=O)[nH]3)cc2)cc1. The zero-order valence-electron chi connectivity index (χ0n) is 18.5. The predicted octanol–water partition coefficient (Wildman–Crippen LogP) is 4.16. The van der Waals surface area contributed by atoms with E-state index >= 15 is 0 Å². The molecule has 1 aromatic heterocycles. The van der Waals surface area contributed by atoms with Crippen LogP contribution in [0.3, 0.4) is 0 Å². The fourth-order valence-corrected chi connectivity index (χ4v) is 3.74. The normalized spacial score (nSPS) is 12.1. The number of anilines is 1. The molecule has 0 amide bonds. The number of benzene rings is 3. The molecule has 0 saturated heterocycles. The number of aromatic amines is 1. The van der Waals surface area contributed by atoms with Crippen LogP contribution in [-0.4, -0.2) is 43.2 Å². The van der Waals surface area contributed by atoms with E-state index in [1.807, 2.05) is 73.7 Å². The van der Waals surface area contributed by atoms with Crippen molar-refractivity contribution in [1.29, 1.82) is 0 Å².